The van der Waals surface area contributed by atoms with Gasteiger partial charge in [-0.3, -0.25) is 0 Å². The minimum absolute atomic E-state index is 1.22. The summed E-state index contributed by atoms with van der Waals surface area (Å²) >= 11 is 0. The predicted octanol–water partition coefficient (Wildman–Crippen LogP) is 3.92. The minimum Gasteiger partial charge on any atom is -0.358 e. The van der Waals surface area contributed by atoms with E-state index < -0.39 is 0 Å². The van der Waals surface area contributed by atoms with Gasteiger partial charge in [-0.05, 0) is 55.4 Å². The summed E-state index contributed by atoms with van der Waals surface area (Å²) in [5.74, 6) is 0. The Bertz CT molecular complexity index is 534. The highest BCUT2D eigenvalue weighted by atomic mass is 14.7. The van der Waals surface area contributed by atoms with Crippen molar-refractivity contribution in [2.45, 2.75) is 46.0 Å². The lowest BCUT2D eigenvalue weighted by Gasteiger charge is -2.08. The summed E-state index contributed by atoms with van der Waals surface area (Å²) in [6.45, 7) is 4.52. The normalized spacial score (nSPS) is 14.6. The van der Waals surface area contributed by atoms with Crippen LogP contribution in [0.1, 0.15) is 42.1 Å². The predicted molar refractivity (Wildman–Crippen MR) is 69.1 cm³/mol. The van der Waals surface area contributed by atoms with Gasteiger partial charge in [-0.25, -0.2) is 0 Å². The molecule has 1 heteroatoms. The van der Waals surface area contributed by atoms with Crippen LogP contribution in [-0.2, 0) is 19.3 Å². The molecule has 84 valence electrons. The number of aryl methyl sites for hydroxylation is 4. The second-order valence-electron chi connectivity index (χ2n) is 4.97. The number of aromatic amines is 1. The van der Waals surface area contributed by atoms with Crippen molar-refractivity contribution in [3.8, 4) is 0 Å². The first-order valence-electron chi connectivity index (χ1n) is 6.43. The Morgan fingerprint density at radius 3 is 2.94 bits per heavy atom. The minimum atomic E-state index is 1.22. The zero-order chi connectivity index (χ0) is 11.1. The molecule has 1 aromatic carbocycles. The first-order valence-corrected chi connectivity index (χ1v) is 6.43. The molecule has 0 radical (unpaired) electrons. The van der Waals surface area contributed by atoms with E-state index in [4.69, 9.17) is 0 Å². The zero-order valence-electron chi connectivity index (χ0n) is 10.2. The van der Waals surface area contributed by atoms with Crippen molar-refractivity contribution in [3.63, 3.8) is 0 Å². The topological polar surface area (TPSA) is 15.8 Å². The SMILES string of the molecule is CCCc1c(C)ccc2[nH]c3c(c12)CCC3. The number of hydrogen-bond donors (Lipinski definition) is 1. The Labute approximate surface area is 96.9 Å². The first kappa shape index (κ1) is 9.95. The number of aromatic nitrogens is 1. The summed E-state index contributed by atoms with van der Waals surface area (Å²) in [4.78, 5) is 3.60. The first-order chi connectivity index (χ1) is 7.81. The molecule has 3 rings (SSSR count). The van der Waals surface area contributed by atoms with Crippen molar-refractivity contribution in [3.05, 3.63) is 34.5 Å². The van der Waals surface area contributed by atoms with E-state index in [1.165, 1.54) is 48.9 Å². The van der Waals surface area contributed by atoms with Gasteiger partial charge in [0, 0.05) is 16.6 Å². The van der Waals surface area contributed by atoms with Gasteiger partial charge < -0.3 is 4.98 Å². The van der Waals surface area contributed by atoms with Crippen LogP contribution in [0.15, 0.2) is 12.1 Å². The van der Waals surface area contributed by atoms with E-state index in [9.17, 15) is 0 Å². The molecule has 1 aliphatic carbocycles. The highest BCUT2D eigenvalue weighted by Crippen LogP contribution is 2.34. The van der Waals surface area contributed by atoms with Crippen LogP contribution in [-0.4, -0.2) is 4.98 Å². The lowest BCUT2D eigenvalue weighted by atomic mass is 9.97. The second-order valence-corrected chi connectivity index (χ2v) is 4.97. The Balaban J connectivity index is 2.31. The van der Waals surface area contributed by atoms with Crippen LogP contribution in [0.5, 0.6) is 0 Å². The maximum absolute atomic E-state index is 3.60. The van der Waals surface area contributed by atoms with Crippen molar-refractivity contribution in [1.29, 1.82) is 0 Å². The van der Waals surface area contributed by atoms with E-state index >= 15 is 0 Å². The molecule has 0 bridgehead atoms. The molecule has 0 saturated carbocycles. The Morgan fingerprint density at radius 1 is 1.25 bits per heavy atom. The van der Waals surface area contributed by atoms with Gasteiger partial charge >= 0.3 is 0 Å². The van der Waals surface area contributed by atoms with Crippen LogP contribution < -0.4 is 0 Å². The molecular weight excluding hydrogens is 194 g/mol. The average Bonchev–Trinajstić information content (AvgIpc) is 2.82. The number of fused-ring (bicyclic) bond motifs is 3. The van der Waals surface area contributed by atoms with E-state index in [2.05, 4.69) is 31.0 Å². The lowest BCUT2D eigenvalue weighted by Crippen LogP contribution is -1.91. The van der Waals surface area contributed by atoms with Gasteiger partial charge in [0.15, 0.2) is 0 Å². The van der Waals surface area contributed by atoms with E-state index in [0.717, 1.165) is 0 Å². The molecule has 1 aromatic heterocycles. The fourth-order valence-electron chi connectivity index (χ4n) is 3.09. The summed E-state index contributed by atoms with van der Waals surface area (Å²) in [7, 11) is 0. The summed E-state index contributed by atoms with van der Waals surface area (Å²) in [5, 5.41) is 1.55. The van der Waals surface area contributed by atoms with Crippen molar-refractivity contribution in [1.82, 2.24) is 4.98 Å². The number of benzene rings is 1. The second kappa shape index (κ2) is 3.65. The van der Waals surface area contributed by atoms with Gasteiger partial charge in [0.05, 0.1) is 0 Å². The molecule has 0 amide bonds. The van der Waals surface area contributed by atoms with Crippen molar-refractivity contribution < 1.29 is 0 Å². The molecule has 2 aromatic rings. The Kier molecular flexibility index (Phi) is 2.27. The van der Waals surface area contributed by atoms with Gasteiger partial charge in [0.25, 0.3) is 0 Å². The summed E-state index contributed by atoms with van der Waals surface area (Å²) < 4.78 is 0. The van der Waals surface area contributed by atoms with Crippen LogP contribution in [0.3, 0.4) is 0 Å². The van der Waals surface area contributed by atoms with Gasteiger partial charge in [-0.15, -0.1) is 0 Å². The molecule has 0 spiro atoms. The Morgan fingerprint density at radius 2 is 2.12 bits per heavy atom. The molecule has 1 heterocycles. The van der Waals surface area contributed by atoms with Crippen LogP contribution in [0.4, 0.5) is 0 Å². The zero-order valence-corrected chi connectivity index (χ0v) is 10.2. The molecule has 0 atom stereocenters. The maximum Gasteiger partial charge on any atom is 0.0461 e. The Hall–Kier alpha value is -1.24. The molecule has 1 N–H and O–H groups in total. The molecule has 0 fully saturated rings. The molecule has 0 unspecified atom stereocenters. The van der Waals surface area contributed by atoms with Gasteiger partial charge in [0.1, 0.15) is 0 Å². The lowest BCUT2D eigenvalue weighted by molar-refractivity contribution is 0.894. The third-order valence-corrected chi connectivity index (χ3v) is 3.85. The third-order valence-electron chi connectivity index (χ3n) is 3.85. The van der Waals surface area contributed by atoms with Gasteiger partial charge in [-0.1, -0.05) is 19.4 Å². The van der Waals surface area contributed by atoms with Crippen LogP contribution in [0, 0.1) is 6.92 Å². The standard InChI is InChI=1S/C15H19N/c1-3-5-11-10(2)8-9-14-15(11)12-6-4-7-13(12)16-14/h8-9,16H,3-7H2,1-2H3. The third kappa shape index (κ3) is 1.31. The molecule has 1 nitrogen and oxygen atoms in total. The molecule has 1 aliphatic rings. The average molecular weight is 213 g/mol. The van der Waals surface area contributed by atoms with Crippen LogP contribution in [0.2, 0.25) is 0 Å². The summed E-state index contributed by atoms with van der Waals surface area (Å²) in [6.07, 6.45) is 6.30. The molecule has 16 heavy (non-hydrogen) atoms. The number of rotatable bonds is 2. The smallest absolute Gasteiger partial charge is 0.0461 e. The highest BCUT2D eigenvalue weighted by molar-refractivity contribution is 5.89. The van der Waals surface area contributed by atoms with E-state index in [0.29, 0.717) is 0 Å². The molecular formula is C15H19N. The molecule has 0 aliphatic heterocycles. The molecule has 0 saturated heterocycles. The fourth-order valence-corrected chi connectivity index (χ4v) is 3.09. The number of H-pyrrole nitrogens is 1. The highest BCUT2D eigenvalue weighted by Gasteiger charge is 2.19. The summed E-state index contributed by atoms with van der Waals surface area (Å²) in [5.41, 5.74) is 7.52. The van der Waals surface area contributed by atoms with Crippen molar-refractivity contribution in [2.24, 2.45) is 0 Å². The van der Waals surface area contributed by atoms with Gasteiger partial charge in [0.2, 0.25) is 0 Å². The monoisotopic (exact) mass is 213 g/mol. The van der Waals surface area contributed by atoms with Crippen LogP contribution >= 0.6 is 0 Å². The fraction of sp³-hybridized carbons (Fsp3) is 0.467. The van der Waals surface area contributed by atoms with E-state index in [1.807, 2.05) is 0 Å². The number of nitrogens with one attached hydrogen (secondary N) is 1. The summed E-state index contributed by atoms with van der Waals surface area (Å²) in [6, 6.07) is 4.52. The van der Waals surface area contributed by atoms with E-state index in [1.54, 1.807) is 16.5 Å². The van der Waals surface area contributed by atoms with E-state index in [-0.39, 0.29) is 0 Å². The van der Waals surface area contributed by atoms with Crippen LogP contribution in [0.25, 0.3) is 10.9 Å². The number of hydrogen-bond acceptors (Lipinski definition) is 0. The maximum atomic E-state index is 3.60. The largest absolute Gasteiger partial charge is 0.358 e. The quantitative estimate of drug-likeness (QED) is 0.778. The van der Waals surface area contributed by atoms with Gasteiger partial charge in [-0.2, -0.15) is 0 Å². The van der Waals surface area contributed by atoms with Crippen molar-refractivity contribution in [2.75, 3.05) is 0 Å². The van der Waals surface area contributed by atoms with Crippen molar-refractivity contribution >= 4 is 10.9 Å².